The van der Waals surface area contributed by atoms with Crippen LogP contribution in [0.5, 0.6) is 0 Å². The molecule has 33 heavy (non-hydrogen) atoms. The molecule has 1 aliphatic rings. The van der Waals surface area contributed by atoms with Crippen molar-refractivity contribution in [2.24, 2.45) is 0 Å². The average molecular weight is 464 g/mol. The van der Waals surface area contributed by atoms with E-state index in [9.17, 15) is 4.79 Å². The van der Waals surface area contributed by atoms with Crippen LogP contribution >= 0.6 is 11.8 Å². The molecule has 0 bridgehead atoms. The van der Waals surface area contributed by atoms with Crippen LogP contribution in [-0.4, -0.2) is 43.9 Å². The second-order valence-electron chi connectivity index (χ2n) is 8.88. The Morgan fingerprint density at radius 1 is 1.03 bits per heavy atom. The normalized spacial score (nSPS) is 15.4. The fourth-order valence-electron chi connectivity index (χ4n) is 4.08. The zero-order valence-electron chi connectivity index (χ0n) is 19.8. The third kappa shape index (κ3) is 6.24. The molecule has 1 aromatic heterocycles. The van der Waals surface area contributed by atoms with E-state index in [1.54, 1.807) is 0 Å². The largest absolute Gasteiger partial charge is 0.325 e. The van der Waals surface area contributed by atoms with Gasteiger partial charge in [-0.15, -0.1) is 10.2 Å². The summed E-state index contributed by atoms with van der Waals surface area (Å²) in [6.07, 6.45) is 3.79. The van der Waals surface area contributed by atoms with Crippen molar-refractivity contribution in [3.8, 4) is 0 Å². The maximum absolute atomic E-state index is 13.0. The number of hydrogen-bond acceptors (Lipinski definition) is 5. The van der Waals surface area contributed by atoms with E-state index < -0.39 is 0 Å². The monoisotopic (exact) mass is 463 g/mol. The number of anilines is 1. The number of hydrogen-bond donors (Lipinski definition) is 1. The van der Waals surface area contributed by atoms with Crippen LogP contribution in [0.4, 0.5) is 5.69 Å². The van der Waals surface area contributed by atoms with Gasteiger partial charge in [-0.1, -0.05) is 60.6 Å². The number of amides is 1. The topological polar surface area (TPSA) is 63.1 Å². The van der Waals surface area contributed by atoms with Crippen molar-refractivity contribution in [3.63, 3.8) is 0 Å². The molecule has 3 aromatic rings. The van der Waals surface area contributed by atoms with E-state index >= 15 is 0 Å². The molecule has 1 aliphatic heterocycles. The van der Waals surface area contributed by atoms with Gasteiger partial charge in [0.05, 0.1) is 18.3 Å². The van der Waals surface area contributed by atoms with Gasteiger partial charge in [-0.2, -0.15) is 0 Å². The fourth-order valence-corrected chi connectivity index (χ4v) is 4.95. The van der Waals surface area contributed by atoms with Crippen molar-refractivity contribution < 1.29 is 4.79 Å². The minimum atomic E-state index is -0.300. The van der Waals surface area contributed by atoms with E-state index in [0.29, 0.717) is 6.54 Å². The molecule has 6 nitrogen and oxygen atoms in total. The maximum atomic E-state index is 13.0. The highest BCUT2D eigenvalue weighted by Crippen LogP contribution is 2.26. The van der Waals surface area contributed by atoms with Crippen molar-refractivity contribution in [2.75, 3.05) is 18.4 Å². The molecule has 1 unspecified atom stereocenters. The number of likely N-dealkylation sites (tertiary alicyclic amines) is 1. The summed E-state index contributed by atoms with van der Waals surface area (Å²) in [7, 11) is 0. The van der Waals surface area contributed by atoms with Crippen LogP contribution in [0.15, 0.2) is 53.7 Å². The molecule has 1 saturated heterocycles. The van der Waals surface area contributed by atoms with Crippen molar-refractivity contribution in [2.45, 2.75) is 63.5 Å². The molecular formula is C26H33N5OS. The Kier molecular flexibility index (Phi) is 7.83. The summed E-state index contributed by atoms with van der Waals surface area (Å²) in [5.41, 5.74) is 4.25. The zero-order valence-corrected chi connectivity index (χ0v) is 20.6. The summed E-state index contributed by atoms with van der Waals surface area (Å²) in [6, 6.07) is 16.5. The lowest BCUT2D eigenvalue weighted by molar-refractivity contribution is -0.115. The first-order valence-corrected chi connectivity index (χ1v) is 12.6. The number of aromatic nitrogens is 3. The summed E-state index contributed by atoms with van der Waals surface area (Å²) in [5, 5.41) is 12.6. The number of piperidine rings is 1. The van der Waals surface area contributed by atoms with Crippen LogP contribution in [0.1, 0.15) is 48.7 Å². The number of benzene rings is 2. The predicted octanol–water partition coefficient (Wildman–Crippen LogP) is 5.05. The second kappa shape index (κ2) is 11.0. The van der Waals surface area contributed by atoms with Gasteiger partial charge in [-0.25, -0.2) is 0 Å². The van der Waals surface area contributed by atoms with E-state index in [-0.39, 0.29) is 11.2 Å². The Morgan fingerprint density at radius 2 is 1.79 bits per heavy atom. The minimum Gasteiger partial charge on any atom is -0.325 e. The average Bonchev–Trinajstić information content (AvgIpc) is 3.18. The highest BCUT2D eigenvalue weighted by Gasteiger charge is 2.22. The van der Waals surface area contributed by atoms with Gasteiger partial charge in [-0.3, -0.25) is 9.69 Å². The van der Waals surface area contributed by atoms with Crippen LogP contribution in [0.2, 0.25) is 0 Å². The molecule has 174 valence electrons. The molecule has 0 saturated carbocycles. The number of rotatable bonds is 8. The molecule has 4 rings (SSSR count). The van der Waals surface area contributed by atoms with Gasteiger partial charge in [0.1, 0.15) is 5.82 Å². The number of thioether (sulfide) groups is 1. The molecule has 0 aliphatic carbocycles. The van der Waals surface area contributed by atoms with E-state index in [4.69, 9.17) is 0 Å². The summed E-state index contributed by atoms with van der Waals surface area (Å²) in [6.45, 7) is 9.68. The fraction of sp³-hybridized carbons (Fsp3) is 0.423. The molecule has 1 N–H and O–H groups in total. The van der Waals surface area contributed by atoms with Crippen molar-refractivity contribution in [1.82, 2.24) is 19.7 Å². The van der Waals surface area contributed by atoms with Gasteiger partial charge in [-0.05, 0) is 69.5 Å². The number of aryl methyl sites for hydroxylation is 2. The predicted molar refractivity (Wildman–Crippen MR) is 135 cm³/mol. The lowest BCUT2D eigenvalue weighted by Crippen LogP contribution is -2.30. The van der Waals surface area contributed by atoms with Gasteiger partial charge in [0.25, 0.3) is 0 Å². The Labute approximate surface area is 200 Å². The number of nitrogens with one attached hydrogen (secondary N) is 1. The zero-order chi connectivity index (χ0) is 23.2. The Bertz CT molecular complexity index is 1080. The summed E-state index contributed by atoms with van der Waals surface area (Å²) >= 11 is 1.47. The van der Waals surface area contributed by atoms with Crippen molar-refractivity contribution in [1.29, 1.82) is 0 Å². The Hall–Kier alpha value is -2.64. The SMILES string of the molecule is Cc1ccc(C)c(NC(=O)C(C)Sc2nnc(CN3CCCCC3)n2Cc2ccccc2)c1. The second-order valence-corrected chi connectivity index (χ2v) is 10.2. The van der Waals surface area contributed by atoms with Gasteiger partial charge in [0.15, 0.2) is 5.16 Å². The van der Waals surface area contributed by atoms with Crippen LogP contribution in [0.25, 0.3) is 0 Å². The van der Waals surface area contributed by atoms with E-state index in [1.165, 1.54) is 36.6 Å². The van der Waals surface area contributed by atoms with E-state index in [2.05, 4.69) is 55.3 Å². The molecular weight excluding hydrogens is 430 g/mol. The first-order valence-electron chi connectivity index (χ1n) is 11.7. The van der Waals surface area contributed by atoms with E-state index in [1.807, 2.05) is 39.0 Å². The highest BCUT2D eigenvalue weighted by molar-refractivity contribution is 8.00. The van der Waals surface area contributed by atoms with Gasteiger partial charge in [0, 0.05) is 5.69 Å². The van der Waals surface area contributed by atoms with Gasteiger partial charge in [0.2, 0.25) is 5.91 Å². The molecule has 1 fully saturated rings. The molecule has 1 amide bonds. The number of carbonyl (C=O) groups is 1. The van der Waals surface area contributed by atoms with Gasteiger partial charge >= 0.3 is 0 Å². The van der Waals surface area contributed by atoms with Crippen molar-refractivity contribution >= 4 is 23.4 Å². The van der Waals surface area contributed by atoms with Crippen LogP contribution in [0.3, 0.4) is 0 Å². The van der Waals surface area contributed by atoms with Gasteiger partial charge < -0.3 is 9.88 Å². The molecule has 0 spiro atoms. The van der Waals surface area contributed by atoms with Crippen molar-refractivity contribution in [3.05, 3.63) is 71.0 Å². The van der Waals surface area contributed by atoms with Crippen LogP contribution in [0, 0.1) is 13.8 Å². The molecule has 2 heterocycles. The number of nitrogens with zero attached hydrogens (tertiary/aromatic N) is 4. The lowest BCUT2D eigenvalue weighted by atomic mass is 10.1. The molecule has 0 radical (unpaired) electrons. The summed E-state index contributed by atoms with van der Waals surface area (Å²) in [4.78, 5) is 15.4. The molecule has 2 aromatic carbocycles. The Morgan fingerprint density at radius 3 is 2.55 bits per heavy atom. The van der Waals surface area contributed by atoms with Crippen LogP contribution in [-0.2, 0) is 17.9 Å². The summed E-state index contributed by atoms with van der Waals surface area (Å²) in [5.74, 6) is 0.936. The Balaban J connectivity index is 1.51. The highest BCUT2D eigenvalue weighted by atomic mass is 32.2. The third-order valence-electron chi connectivity index (χ3n) is 6.09. The number of carbonyl (C=O) groups excluding carboxylic acids is 1. The van der Waals surface area contributed by atoms with Crippen LogP contribution < -0.4 is 5.32 Å². The molecule has 7 heteroatoms. The first-order chi connectivity index (χ1) is 16.0. The third-order valence-corrected chi connectivity index (χ3v) is 7.17. The molecule has 1 atom stereocenters. The summed E-state index contributed by atoms with van der Waals surface area (Å²) < 4.78 is 2.18. The minimum absolute atomic E-state index is 0.0273. The lowest BCUT2D eigenvalue weighted by Gasteiger charge is -2.26. The van der Waals surface area contributed by atoms with E-state index in [0.717, 1.165) is 47.4 Å². The standard InChI is InChI=1S/C26H33N5OS/c1-19-12-13-20(2)23(16-19)27-25(32)21(3)33-26-29-28-24(18-30-14-8-5-9-15-30)31(26)17-22-10-6-4-7-11-22/h4,6-7,10-13,16,21H,5,8-9,14-15,17-18H2,1-3H3,(H,27,32). The smallest absolute Gasteiger partial charge is 0.237 e. The maximum Gasteiger partial charge on any atom is 0.237 e. The first kappa shape index (κ1) is 23.5. The quantitative estimate of drug-likeness (QED) is 0.474.